The number of rotatable bonds is 11. The Morgan fingerprint density at radius 1 is 1.20 bits per heavy atom. The molecule has 0 bridgehead atoms. The molecule has 1 aliphatic rings. The highest BCUT2D eigenvalue weighted by Gasteiger charge is 2.21. The van der Waals surface area contributed by atoms with Gasteiger partial charge in [-0.2, -0.15) is 0 Å². The average Bonchev–Trinajstić information content (AvgIpc) is 2.69. The third kappa shape index (κ3) is 6.95. The fraction of sp³-hybridized carbons (Fsp3) is 0.409. The van der Waals surface area contributed by atoms with E-state index in [0.29, 0.717) is 42.1 Å². The summed E-state index contributed by atoms with van der Waals surface area (Å²) in [4.78, 5) is 12.2. The minimum atomic E-state index is -3.68. The number of benzene rings is 1. The van der Waals surface area contributed by atoms with Gasteiger partial charge in [0.15, 0.2) is 6.23 Å². The minimum Gasteiger partial charge on any atom is -0.470 e. The molecule has 30 heavy (non-hydrogen) atoms. The molecule has 0 saturated carbocycles. The van der Waals surface area contributed by atoms with Gasteiger partial charge in [0.05, 0.1) is 17.9 Å². The van der Waals surface area contributed by atoms with E-state index in [2.05, 4.69) is 16.6 Å². The van der Waals surface area contributed by atoms with Crippen molar-refractivity contribution in [2.45, 2.75) is 52.7 Å². The van der Waals surface area contributed by atoms with Crippen LogP contribution >= 0.6 is 0 Å². The molecule has 1 aromatic rings. The van der Waals surface area contributed by atoms with E-state index in [0.717, 1.165) is 5.57 Å². The highest BCUT2D eigenvalue weighted by molar-refractivity contribution is 7.93. The highest BCUT2D eigenvalue weighted by atomic mass is 32.2. The largest absolute Gasteiger partial charge is 0.470 e. The SMILES string of the molecule is C=C(N[C@@H](CC)Oc1ccccc1CC(=O)OCC)NS(=O)(=O)C1=CC=C(C)CC1. The molecule has 0 fully saturated rings. The van der Waals surface area contributed by atoms with Crippen LogP contribution in [0.5, 0.6) is 5.75 Å². The molecule has 1 aromatic carbocycles. The number of allylic oxidation sites excluding steroid dienone is 4. The molecule has 7 nitrogen and oxygen atoms in total. The Balaban J connectivity index is 2.02. The molecule has 164 valence electrons. The Morgan fingerprint density at radius 2 is 1.93 bits per heavy atom. The van der Waals surface area contributed by atoms with Crippen LogP contribution in [0.15, 0.2) is 59.3 Å². The van der Waals surface area contributed by atoms with E-state index in [1.807, 2.05) is 26.0 Å². The normalized spacial score (nSPS) is 14.8. The zero-order valence-corrected chi connectivity index (χ0v) is 18.6. The van der Waals surface area contributed by atoms with Crippen LogP contribution in [0, 0.1) is 0 Å². The molecular formula is C22H30N2O5S. The van der Waals surface area contributed by atoms with Gasteiger partial charge in [0.1, 0.15) is 11.6 Å². The van der Waals surface area contributed by atoms with E-state index < -0.39 is 16.3 Å². The van der Waals surface area contributed by atoms with Crippen LogP contribution < -0.4 is 14.8 Å². The maximum atomic E-state index is 12.6. The molecule has 2 N–H and O–H groups in total. The third-order valence-electron chi connectivity index (χ3n) is 4.51. The lowest BCUT2D eigenvalue weighted by molar-refractivity contribution is -0.142. The van der Waals surface area contributed by atoms with Gasteiger partial charge >= 0.3 is 5.97 Å². The second kappa shape index (κ2) is 10.9. The number of ether oxygens (including phenoxy) is 2. The molecule has 8 heteroatoms. The average molecular weight is 435 g/mol. The van der Waals surface area contributed by atoms with Crippen molar-refractivity contribution >= 4 is 16.0 Å². The zero-order valence-electron chi connectivity index (χ0n) is 17.7. The predicted molar refractivity (Wildman–Crippen MR) is 117 cm³/mol. The molecule has 0 heterocycles. The number of nitrogens with one attached hydrogen (secondary N) is 2. The van der Waals surface area contributed by atoms with Crippen molar-refractivity contribution < 1.29 is 22.7 Å². The van der Waals surface area contributed by atoms with Gasteiger partial charge in [-0.05, 0) is 38.8 Å². The highest BCUT2D eigenvalue weighted by Crippen LogP contribution is 2.23. The summed E-state index contributed by atoms with van der Waals surface area (Å²) < 4.78 is 38.6. The molecule has 1 aliphatic carbocycles. The van der Waals surface area contributed by atoms with Gasteiger partial charge in [0.25, 0.3) is 10.0 Å². The van der Waals surface area contributed by atoms with Gasteiger partial charge in [0, 0.05) is 12.0 Å². The number of sulfonamides is 1. The first-order chi connectivity index (χ1) is 14.2. The van der Waals surface area contributed by atoms with Crippen LogP contribution in [0.3, 0.4) is 0 Å². The van der Waals surface area contributed by atoms with E-state index in [4.69, 9.17) is 9.47 Å². The zero-order chi connectivity index (χ0) is 22.1. The van der Waals surface area contributed by atoms with Crippen LogP contribution in [0.2, 0.25) is 0 Å². The number of para-hydroxylation sites is 1. The topological polar surface area (TPSA) is 93.7 Å². The van der Waals surface area contributed by atoms with Gasteiger partial charge < -0.3 is 14.8 Å². The Morgan fingerprint density at radius 3 is 2.57 bits per heavy atom. The second-order valence-corrected chi connectivity index (χ2v) is 8.71. The number of hydrogen-bond donors (Lipinski definition) is 2. The molecule has 0 aliphatic heterocycles. The van der Waals surface area contributed by atoms with E-state index in [-0.39, 0.29) is 18.2 Å². The van der Waals surface area contributed by atoms with Crippen LogP contribution in [-0.4, -0.2) is 27.2 Å². The van der Waals surface area contributed by atoms with Crippen LogP contribution in [0.1, 0.15) is 45.6 Å². The van der Waals surface area contributed by atoms with Crippen molar-refractivity contribution in [2.24, 2.45) is 0 Å². The quantitative estimate of drug-likeness (QED) is 0.409. The molecule has 0 amide bonds. The monoisotopic (exact) mass is 434 g/mol. The third-order valence-corrected chi connectivity index (χ3v) is 6.06. The van der Waals surface area contributed by atoms with Gasteiger partial charge in [0.2, 0.25) is 0 Å². The maximum absolute atomic E-state index is 12.6. The molecule has 0 saturated heterocycles. The maximum Gasteiger partial charge on any atom is 0.310 e. The van der Waals surface area contributed by atoms with Crippen molar-refractivity contribution in [3.63, 3.8) is 0 Å². The Labute approximate surface area is 178 Å². The lowest BCUT2D eigenvalue weighted by Gasteiger charge is -2.24. The summed E-state index contributed by atoms with van der Waals surface area (Å²) in [5, 5.41) is 2.96. The summed E-state index contributed by atoms with van der Waals surface area (Å²) in [6, 6.07) is 7.17. The first kappa shape index (κ1) is 23.5. The standard InChI is InChI=1S/C22H30N2O5S/c1-5-21(29-20-10-8-7-9-18(20)15-22(25)28-6-2)23-17(4)24-30(26,27)19-13-11-16(3)12-14-19/h7-11,13,21,23-24H,4-6,12,14-15H2,1-3H3/t21-/m1/s1. The van der Waals surface area contributed by atoms with Gasteiger partial charge in [-0.1, -0.05) is 43.4 Å². The lowest BCUT2D eigenvalue weighted by Crippen LogP contribution is -2.40. The second-order valence-electron chi connectivity index (χ2n) is 6.98. The minimum absolute atomic E-state index is 0.0924. The summed E-state index contributed by atoms with van der Waals surface area (Å²) in [6.45, 7) is 9.71. The smallest absolute Gasteiger partial charge is 0.310 e. The first-order valence-corrected chi connectivity index (χ1v) is 11.5. The van der Waals surface area contributed by atoms with Crippen LogP contribution in [-0.2, 0) is 26.0 Å². The molecule has 0 spiro atoms. The summed E-state index contributed by atoms with van der Waals surface area (Å²) in [5.74, 6) is 0.310. The number of carbonyl (C=O) groups excluding carboxylic acids is 1. The number of esters is 1. The van der Waals surface area contributed by atoms with Crippen molar-refractivity contribution in [2.75, 3.05) is 6.61 Å². The molecule has 2 rings (SSSR count). The lowest BCUT2D eigenvalue weighted by atomic mass is 10.1. The van der Waals surface area contributed by atoms with Gasteiger partial charge in [-0.15, -0.1) is 0 Å². The summed E-state index contributed by atoms with van der Waals surface area (Å²) in [5.41, 5.74) is 1.84. The molecule has 0 aromatic heterocycles. The van der Waals surface area contributed by atoms with Crippen molar-refractivity contribution in [3.05, 3.63) is 64.9 Å². The van der Waals surface area contributed by atoms with Crippen molar-refractivity contribution in [1.29, 1.82) is 0 Å². The fourth-order valence-electron chi connectivity index (χ4n) is 2.90. The van der Waals surface area contributed by atoms with E-state index in [1.165, 1.54) is 0 Å². The predicted octanol–water partition coefficient (Wildman–Crippen LogP) is 3.51. The van der Waals surface area contributed by atoms with E-state index in [1.54, 1.807) is 31.2 Å². The Bertz CT molecular complexity index is 935. The van der Waals surface area contributed by atoms with Crippen molar-refractivity contribution in [1.82, 2.24) is 10.0 Å². The van der Waals surface area contributed by atoms with Gasteiger partial charge in [-0.3, -0.25) is 9.52 Å². The molecule has 0 unspecified atom stereocenters. The Hall–Kier alpha value is -2.74. The van der Waals surface area contributed by atoms with E-state index >= 15 is 0 Å². The molecule has 0 radical (unpaired) electrons. The fourth-order valence-corrected chi connectivity index (χ4v) is 4.03. The molecular weight excluding hydrogens is 404 g/mol. The first-order valence-electron chi connectivity index (χ1n) is 10.00. The number of carbonyl (C=O) groups is 1. The van der Waals surface area contributed by atoms with Gasteiger partial charge in [-0.25, -0.2) is 8.42 Å². The van der Waals surface area contributed by atoms with Crippen LogP contribution in [0.4, 0.5) is 0 Å². The Kier molecular flexibility index (Phi) is 8.53. The summed E-state index contributed by atoms with van der Waals surface area (Å²) in [6.07, 6.45) is 4.70. The summed E-state index contributed by atoms with van der Waals surface area (Å²) >= 11 is 0. The summed E-state index contributed by atoms with van der Waals surface area (Å²) in [7, 11) is -3.68. The van der Waals surface area contributed by atoms with Crippen LogP contribution in [0.25, 0.3) is 0 Å². The number of hydrogen-bond acceptors (Lipinski definition) is 6. The van der Waals surface area contributed by atoms with E-state index in [9.17, 15) is 13.2 Å². The van der Waals surface area contributed by atoms with Crippen molar-refractivity contribution in [3.8, 4) is 5.75 Å². The molecule has 1 atom stereocenters.